The van der Waals surface area contributed by atoms with Gasteiger partial charge in [-0.25, -0.2) is 0 Å². The maximum atomic E-state index is 11.5. The number of hydrogen-bond donors (Lipinski definition) is 0. The molecule has 18 heavy (non-hydrogen) atoms. The second-order valence-corrected chi connectivity index (χ2v) is 4.54. The molecule has 0 fully saturated rings. The molecular formula is C15H18O3. The van der Waals surface area contributed by atoms with Gasteiger partial charge in [0.1, 0.15) is 5.75 Å². The highest BCUT2D eigenvalue weighted by Gasteiger charge is 2.21. The van der Waals surface area contributed by atoms with Crippen molar-refractivity contribution >= 4 is 5.97 Å². The molecule has 1 atom stereocenters. The normalized spacial score (nSPS) is 15.4. The molecule has 0 aliphatic heterocycles. The van der Waals surface area contributed by atoms with Crippen molar-refractivity contribution in [3.05, 3.63) is 41.0 Å². The number of rotatable bonds is 3. The zero-order chi connectivity index (χ0) is 13.1. The molecule has 0 aromatic heterocycles. The van der Waals surface area contributed by atoms with Crippen molar-refractivity contribution in [2.75, 3.05) is 14.2 Å². The summed E-state index contributed by atoms with van der Waals surface area (Å²) in [6.45, 7) is 1.90. The van der Waals surface area contributed by atoms with Crippen LogP contribution in [0.15, 0.2) is 29.8 Å². The van der Waals surface area contributed by atoms with Crippen LogP contribution in [0.5, 0.6) is 5.75 Å². The molecule has 0 saturated carbocycles. The Kier molecular flexibility index (Phi) is 3.70. The molecule has 1 aliphatic carbocycles. The minimum atomic E-state index is -0.168. The molecule has 1 aromatic rings. The molecule has 2 rings (SSSR count). The van der Waals surface area contributed by atoms with Crippen molar-refractivity contribution in [3.8, 4) is 5.75 Å². The van der Waals surface area contributed by atoms with Crippen molar-refractivity contribution in [1.82, 2.24) is 0 Å². The average molecular weight is 246 g/mol. The lowest BCUT2D eigenvalue weighted by Gasteiger charge is -2.21. The molecule has 1 aliphatic rings. The van der Waals surface area contributed by atoms with Crippen LogP contribution in [0.3, 0.4) is 0 Å². The summed E-state index contributed by atoms with van der Waals surface area (Å²) in [7, 11) is 3.10. The van der Waals surface area contributed by atoms with E-state index >= 15 is 0 Å². The van der Waals surface area contributed by atoms with Crippen LogP contribution in [0, 0.1) is 5.92 Å². The first-order chi connectivity index (χ1) is 8.65. The van der Waals surface area contributed by atoms with E-state index in [2.05, 4.69) is 18.2 Å². The molecule has 0 unspecified atom stereocenters. The summed E-state index contributed by atoms with van der Waals surface area (Å²) in [4.78, 5) is 11.5. The maximum absolute atomic E-state index is 11.5. The minimum absolute atomic E-state index is 0.162. The zero-order valence-electron chi connectivity index (χ0n) is 11.0. The predicted octanol–water partition coefficient (Wildman–Crippen LogP) is 2.53. The average Bonchev–Trinajstić information content (AvgIpc) is 2.44. The fraction of sp³-hybridized carbons (Fsp3) is 0.400. The van der Waals surface area contributed by atoms with Crippen LogP contribution >= 0.6 is 0 Å². The molecule has 0 N–H and O–H groups in total. The summed E-state index contributed by atoms with van der Waals surface area (Å²) in [5.41, 5.74) is 3.68. The van der Waals surface area contributed by atoms with E-state index in [4.69, 9.17) is 9.47 Å². The van der Waals surface area contributed by atoms with E-state index in [1.54, 1.807) is 7.11 Å². The summed E-state index contributed by atoms with van der Waals surface area (Å²) in [5, 5.41) is 0. The molecule has 0 heterocycles. The van der Waals surface area contributed by atoms with Crippen LogP contribution < -0.4 is 4.74 Å². The lowest BCUT2D eigenvalue weighted by Crippen LogP contribution is -2.18. The molecule has 0 bridgehead atoms. The van der Waals surface area contributed by atoms with Gasteiger partial charge < -0.3 is 9.47 Å². The van der Waals surface area contributed by atoms with Crippen molar-refractivity contribution in [1.29, 1.82) is 0 Å². The molecule has 0 amide bonds. The quantitative estimate of drug-likeness (QED) is 0.607. The molecular weight excluding hydrogens is 228 g/mol. The summed E-state index contributed by atoms with van der Waals surface area (Å²) in [6.07, 6.45) is 3.79. The third-order valence-electron chi connectivity index (χ3n) is 3.50. The minimum Gasteiger partial charge on any atom is -0.497 e. The Morgan fingerprint density at radius 2 is 2.06 bits per heavy atom. The first-order valence-electron chi connectivity index (χ1n) is 6.08. The lowest BCUT2D eigenvalue weighted by molar-refractivity contribution is -0.143. The van der Waals surface area contributed by atoms with Gasteiger partial charge in [-0.15, -0.1) is 0 Å². The molecule has 3 nitrogen and oxygen atoms in total. The van der Waals surface area contributed by atoms with Gasteiger partial charge in [0.2, 0.25) is 0 Å². The summed E-state index contributed by atoms with van der Waals surface area (Å²) >= 11 is 0. The lowest BCUT2D eigenvalue weighted by atomic mass is 9.86. The smallest absolute Gasteiger partial charge is 0.312 e. The number of ether oxygens (including phenoxy) is 2. The maximum Gasteiger partial charge on any atom is 0.312 e. The summed E-state index contributed by atoms with van der Waals surface area (Å²) < 4.78 is 10.0. The third kappa shape index (κ3) is 2.40. The van der Waals surface area contributed by atoms with Gasteiger partial charge in [-0.2, -0.15) is 0 Å². The van der Waals surface area contributed by atoms with Gasteiger partial charge in [-0.05, 0) is 43.0 Å². The number of fused-ring (bicyclic) bond motifs is 1. The van der Waals surface area contributed by atoms with Crippen LogP contribution in [0.2, 0.25) is 0 Å². The third-order valence-corrected chi connectivity index (χ3v) is 3.50. The number of allylic oxidation sites excluding steroid dienone is 1. The van der Waals surface area contributed by atoms with Gasteiger partial charge in [-0.3, -0.25) is 4.79 Å². The molecule has 0 saturated heterocycles. The Bertz CT molecular complexity index is 489. The van der Waals surface area contributed by atoms with Gasteiger partial charge in [0.05, 0.1) is 20.1 Å². The van der Waals surface area contributed by atoms with Gasteiger partial charge in [0, 0.05) is 0 Å². The van der Waals surface area contributed by atoms with Crippen molar-refractivity contribution in [2.45, 2.75) is 19.8 Å². The number of carbonyl (C=O) groups excluding carboxylic acids is 1. The van der Waals surface area contributed by atoms with Gasteiger partial charge in [-0.1, -0.05) is 17.7 Å². The first kappa shape index (κ1) is 12.7. The monoisotopic (exact) mass is 246 g/mol. The Morgan fingerprint density at radius 3 is 2.72 bits per heavy atom. The van der Waals surface area contributed by atoms with Crippen LogP contribution in [-0.4, -0.2) is 20.2 Å². The molecule has 96 valence electrons. The van der Waals surface area contributed by atoms with Gasteiger partial charge in [0.25, 0.3) is 0 Å². The van der Waals surface area contributed by atoms with Crippen molar-refractivity contribution < 1.29 is 14.3 Å². The number of esters is 1. The number of benzene rings is 1. The standard InChI is InChI=1S/C15H18O3/c1-10(15(16)18-3)11-4-5-13-9-14(17-2)7-6-12(13)8-11/h4,6-7,9-10H,5,8H2,1-3H3/t10-/m0/s1. The highest BCUT2D eigenvalue weighted by atomic mass is 16.5. The van der Waals surface area contributed by atoms with E-state index in [0.717, 1.165) is 24.2 Å². The van der Waals surface area contributed by atoms with Crippen LogP contribution in [-0.2, 0) is 22.4 Å². The number of hydrogen-bond acceptors (Lipinski definition) is 3. The first-order valence-corrected chi connectivity index (χ1v) is 6.08. The number of carbonyl (C=O) groups is 1. The number of methoxy groups -OCH3 is 2. The largest absolute Gasteiger partial charge is 0.497 e. The van der Waals surface area contributed by atoms with E-state index in [1.165, 1.54) is 18.2 Å². The predicted molar refractivity (Wildman–Crippen MR) is 69.7 cm³/mol. The van der Waals surface area contributed by atoms with E-state index in [0.29, 0.717) is 0 Å². The van der Waals surface area contributed by atoms with Crippen LogP contribution in [0.1, 0.15) is 18.1 Å². The van der Waals surface area contributed by atoms with Gasteiger partial charge in [0.15, 0.2) is 0 Å². The second-order valence-electron chi connectivity index (χ2n) is 4.54. The van der Waals surface area contributed by atoms with E-state index < -0.39 is 0 Å². The highest BCUT2D eigenvalue weighted by Crippen LogP contribution is 2.28. The van der Waals surface area contributed by atoms with E-state index in [-0.39, 0.29) is 11.9 Å². The molecule has 0 radical (unpaired) electrons. The molecule has 1 aromatic carbocycles. The summed E-state index contributed by atoms with van der Waals surface area (Å²) in [5.74, 6) is 0.551. The highest BCUT2D eigenvalue weighted by molar-refractivity contribution is 5.75. The van der Waals surface area contributed by atoms with Gasteiger partial charge >= 0.3 is 5.97 Å². The Morgan fingerprint density at radius 1 is 1.28 bits per heavy atom. The van der Waals surface area contributed by atoms with Crippen LogP contribution in [0.25, 0.3) is 0 Å². The van der Waals surface area contributed by atoms with Crippen LogP contribution in [0.4, 0.5) is 0 Å². The van der Waals surface area contributed by atoms with Crippen molar-refractivity contribution in [2.24, 2.45) is 5.92 Å². The van der Waals surface area contributed by atoms with E-state index in [1.807, 2.05) is 13.0 Å². The fourth-order valence-electron chi connectivity index (χ4n) is 2.28. The Labute approximate surface area is 107 Å². The van der Waals surface area contributed by atoms with Crippen molar-refractivity contribution in [3.63, 3.8) is 0 Å². The SMILES string of the molecule is COC(=O)[C@@H](C)C1=CCc2cc(OC)ccc2C1. The Hall–Kier alpha value is -1.77. The molecule has 3 heteroatoms. The zero-order valence-corrected chi connectivity index (χ0v) is 11.0. The fourth-order valence-corrected chi connectivity index (χ4v) is 2.28. The van der Waals surface area contributed by atoms with E-state index in [9.17, 15) is 4.79 Å². The second kappa shape index (κ2) is 5.25. The topological polar surface area (TPSA) is 35.5 Å². The summed E-state index contributed by atoms with van der Waals surface area (Å²) in [6, 6.07) is 6.10. The Balaban J connectivity index is 2.19. The molecule has 0 spiro atoms.